The van der Waals surface area contributed by atoms with E-state index in [-0.39, 0.29) is 17.9 Å². The average molecular weight is 472 g/mol. The number of nitrogens with zero attached hydrogens (tertiary/aromatic N) is 2. The number of carbonyl (C=O) groups excluding carboxylic acids is 3. The third-order valence-electron chi connectivity index (χ3n) is 5.18. The maximum atomic E-state index is 13.2. The van der Waals surface area contributed by atoms with Gasteiger partial charge in [0, 0.05) is 43.9 Å². The Labute approximate surface area is 198 Å². The minimum atomic E-state index is -0.362. The van der Waals surface area contributed by atoms with Crippen molar-refractivity contribution in [3.8, 4) is 0 Å². The number of ether oxygens (including phenoxy) is 2. The van der Waals surface area contributed by atoms with Crippen LogP contribution in [0.4, 0.5) is 10.5 Å². The van der Waals surface area contributed by atoms with Crippen LogP contribution in [0.2, 0.25) is 0 Å². The van der Waals surface area contributed by atoms with Crippen LogP contribution < -0.4 is 5.32 Å². The van der Waals surface area contributed by atoms with Crippen LogP contribution in [0, 0.1) is 0 Å². The highest BCUT2D eigenvalue weighted by atomic mass is 32.2. The third-order valence-corrected chi connectivity index (χ3v) is 6.21. The number of nitrogens with one attached hydrogen (secondary N) is 1. The Morgan fingerprint density at radius 2 is 1.58 bits per heavy atom. The van der Waals surface area contributed by atoms with E-state index in [9.17, 15) is 14.4 Å². The van der Waals surface area contributed by atoms with Crippen molar-refractivity contribution in [1.29, 1.82) is 0 Å². The van der Waals surface area contributed by atoms with Crippen LogP contribution in [-0.2, 0) is 9.47 Å². The second-order valence-corrected chi connectivity index (χ2v) is 8.45. The summed E-state index contributed by atoms with van der Waals surface area (Å²) in [6.45, 7) is 4.29. The van der Waals surface area contributed by atoms with Gasteiger partial charge in [-0.05, 0) is 31.2 Å². The molecule has 0 saturated carbocycles. The Morgan fingerprint density at radius 1 is 0.939 bits per heavy atom. The molecule has 33 heavy (non-hydrogen) atoms. The zero-order valence-corrected chi connectivity index (χ0v) is 19.7. The Morgan fingerprint density at radius 3 is 2.27 bits per heavy atom. The van der Waals surface area contributed by atoms with E-state index < -0.39 is 0 Å². The lowest BCUT2D eigenvalue weighted by molar-refractivity contribution is 0.0571. The van der Waals surface area contributed by atoms with Crippen molar-refractivity contribution in [2.75, 3.05) is 57.6 Å². The van der Waals surface area contributed by atoms with Crippen molar-refractivity contribution in [3.63, 3.8) is 0 Å². The Bertz CT molecular complexity index is 976. The lowest BCUT2D eigenvalue weighted by atomic mass is 10.1. The molecule has 2 aromatic carbocycles. The number of piperazine rings is 1. The monoisotopic (exact) mass is 471 g/mol. The van der Waals surface area contributed by atoms with Crippen molar-refractivity contribution in [2.45, 2.75) is 11.8 Å². The molecule has 1 heterocycles. The molecule has 0 aliphatic carbocycles. The molecule has 176 valence electrons. The summed E-state index contributed by atoms with van der Waals surface area (Å²) in [6.07, 6.45) is -0.362. The predicted molar refractivity (Wildman–Crippen MR) is 128 cm³/mol. The highest BCUT2D eigenvalue weighted by molar-refractivity contribution is 7.99. The van der Waals surface area contributed by atoms with Crippen molar-refractivity contribution < 1.29 is 23.9 Å². The van der Waals surface area contributed by atoms with Crippen molar-refractivity contribution in [3.05, 3.63) is 59.7 Å². The number of hydrogen-bond acceptors (Lipinski definition) is 6. The quantitative estimate of drug-likeness (QED) is 0.468. The number of amides is 3. The van der Waals surface area contributed by atoms with E-state index in [1.54, 1.807) is 65.9 Å². The van der Waals surface area contributed by atoms with Gasteiger partial charge < -0.3 is 24.6 Å². The van der Waals surface area contributed by atoms with E-state index in [0.717, 1.165) is 10.6 Å². The molecular weight excluding hydrogens is 442 g/mol. The molecule has 0 bridgehead atoms. The van der Waals surface area contributed by atoms with Crippen LogP contribution in [0.5, 0.6) is 0 Å². The normalized spacial score (nSPS) is 13.5. The molecule has 9 heteroatoms. The fraction of sp³-hybridized carbons (Fsp3) is 0.375. The number of hydrogen-bond donors (Lipinski definition) is 1. The van der Waals surface area contributed by atoms with Crippen LogP contribution >= 0.6 is 11.8 Å². The van der Waals surface area contributed by atoms with E-state index in [1.807, 2.05) is 18.2 Å². The fourth-order valence-corrected chi connectivity index (χ4v) is 4.42. The number of thioether (sulfide) groups is 1. The Balaban J connectivity index is 1.69. The van der Waals surface area contributed by atoms with Gasteiger partial charge in [-0.15, -0.1) is 11.8 Å². The Hall–Kier alpha value is -3.04. The average Bonchev–Trinajstić information content (AvgIpc) is 2.84. The Kier molecular flexibility index (Phi) is 9.14. The van der Waals surface area contributed by atoms with Gasteiger partial charge in [0.05, 0.1) is 30.0 Å². The largest absolute Gasteiger partial charge is 0.450 e. The summed E-state index contributed by atoms with van der Waals surface area (Å²) >= 11 is 1.55. The second-order valence-electron chi connectivity index (χ2n) is 7.32. The molecule has 1 fully saturated rings. The zero-order chi connectivity index (χ0) is 23.6. The van der Waals surface area contributed by atoms with E-state index in [4.69, 9.17) is 9.47 Å². The highest BCUT2D eigenvalue weighted by Gasteiger charge is 2.27. The summed E-state index contributed by atoms with van der Waals surface area (Å²) in [6, 6.07) is 14.3. The van der Waals surface area contributed by atoms with E-state index >= 15 is 0 Å². The molecule has 0 unspecified atom stereocenters. The first-order valence-corrected chi connectivity index (χ1v) is 11.9. The fourth-order valence-electron chi connectivity index (χ4n) is 3.46. The van der Waals surface area contributed by atoms with Crippen LogP contribution in [0.25, 0.3) is 0 Å². The van der Waals surface area contributed by atoms with Crippen molar-refractivity contribution in [2.24, 2.45) is 0 Å². The summed E-state index contributed by atoms with van der Waals surface area (Å²) in [5, 5.41) is 2.91. The van der Waals surface area contributed by atoms with E-state index in [1.165, 1.54) is 0 Å². The maximum Gasteiger partial charge on any atom is 0.409 e. The van der Waals surface area contributed by atoms with Gasteiger partial charge in [-0.25, -0.2) is 4.79 Å². The smallest absolute Gasteiger partial charge is 0.409 e. The van der Waals surface area contributed by atoms with Crippen LogP contribution in [-0.4, -0.2) is 80.0 Å². The first kappa shape index (κ1) is 24.6. The zero-order valence-electron chi connectivity index (χ0n) is 18.9. The third kappa shape index (κ3) is 6.49. The topological polar surface area (TPSA) is 88.2 Å². The van der Waals surface area contributed by atoms with Gasteiger partial charge in [0.2, 0.25) is 0 Å². The van der Waals surface area contributed by atoms with Crippen molar-refractivity contribution >= 4 is 35.4 Å². The van der Waals surface area contributed by atoms with E-state index in [0.29, 0.717) is 56.2 Å². The van der Waals surface area contributed by atoms with Gasteiger partial charge in [-0.1, -0.05) is 24.3 Å². The maximum absolute atomic E-state index is 13.2. The molecule has 0 atom stereocenters. The molecule has 3 amide bonds. The first-order chi connectivity index (χ1) is 16.0. The van der Waals surface area contributed by atoms with Gasteiger partial charge in [0.1, 0.15) is 0 Å². The summed E-state index contributed by atoms with van der Waals surface area (Å²) in [5.41, 5.74) is 1.42. The second kappa shape index (κ2) is 12.3. The summed E-state index contributed by atoms with van der Waals surface area (Å²) in [7, 11) is 1.64. The molecule has 8 nitrogen and oxygen atoms in total. The molecule has 1 aliphatic rings. The molecule has 0 spiro atoms. The van der Waals surface area contributed by atoms with Crippen molar-refractivity contribution in [1.82, 2.24) is 9.80 Å². The number of methoxy groups -OCH3 is 1. The summed E-state index contributed by atoms with van der Waals surface area (Å²) in [4.78, 5) is 42.3. The standard InChI is InChI=1S/C24H29N3O5S/c1-3-32-24(30)27-14-12-26(13-15-27)23(29)18-8-4-6-10-20(18)25-22(28)19-9-5-7-11-21(19)33-17-16-31-2/h4-11H,3,12-17H2,1-2H3,(H,25,28). The number of anilines is 1. The first-order valence-electron chi connectivity index (χ1n) is 10.9. The molecule has 0 radical (unpaired) electrons. The van der Waals surface area contributed by atoms with Gasteiger partial charge in [0.15, 0.2) is 0 Å². The predicted octanol–water partition coefficient (Wildman–Crippen LogP) is 3.59. The molecule has 1 aliphatic heterocycles. The summed E-state index contributed by atoms with van der Waals surface area (Å²) < 4.78 is 10.1. The minimum absolute atomic E-state index is 0.183. The SMILES string of the molecule is CCOC(=O)N1CCN(C(=O)c2ccccc2NC(=O)c2ccccc2SCCOC)CC1. The highest BCUT2D eigenvalue weighted by Crippen LogP contribution is 2.25. The lowest BCUT2D eigenvalue weighted by Crippen LogP contribution is -2.50. The molecular formula is C24H29N3O5S. The van der Waals surface area contributed by atoms with Gasteiger partial charge in [0.25, 0.3) is 11.8 Å². The van der Waals surface area contributed by atoms with Crippen LogP contribution in [0.15, 0.2) is 53.4 Å². The summed E-state index contributed by atoms with van der Waals surface area (Å²) in [5.74, 6) is 0.272. The van der Waals surface area contributed by atoms with Gasteiger partial charge >= 0.3 is 6.09 Å². The molecule has 1 N–H and O–H groups in total. The number of benzene rings is 2. The van der Waals surface area contributed by atoms with Gasteiger partial charge in [-0.3, -0.25) is 9.59 Å². The van der Waals surface area contributed by atoms with Crippen LogP contribution in [0.3, 0.4) is 0 Å². The van der Waals surface area contributed by atoms with E-state index in [2.05, 4.69) is 5.32 Å². The molecule has 0 aromatic heterocycles. The number of para-hydroxylation sites is 1. The molecule has 3 rings (SSSR count). The number of rotatable bonds is 8. The van der Waals surface area contributed by atoms with Crippen LogP contribution in [0.1, 0.15) is 27.6 Å². The number of carbonyl (C=O) groups is 3. The molecule has 1 saturated heterocycles. The molecule has 2 aromatic rings. The van der Waals surface area contributed by atoms with Gasteiger partial charge in [-0.2, -0.15) is 0 Å². The lowest BCUT2D eigenvalue weighted by Gasteiger charge is -2.34. The minimum Gasteiger partial charge on any atom is -0.450 e.